The summed E-state index contributed by atoms with van der Waals surface area (Å²) in [5.74, 6) is 2.25. The Hall–Kier alpha value is -2.89. The summed E-state index contributed by atoms with van der Waals surface area (Å²) < 4.78 is 16.7. The summed E-state index contributed by atoms with van der Waals surface area (Å²) >= 11 is 0. The number of rotatable bonds is 3. The number of carbonyl (C=O) groups is 1. The van der Waals surface area contributed by atoms with Gasteiger partial charge in [-0.2, -0.15) is 0 Å². The van der Waals surface area contributed by atoms with Crippen molar-refractivity contribution in [3.05, 3.63) is 48.0 Å². The number of hydrogen-bond donors (Lipinski definition) is 1. The Kier molecular flexibility index (Phi) is 3.49. The Morgan fingerprint density at radius 2 is 1.80 bits per heavy atom. The normalized spacial score (nSPS) is 24.0. The van der Waals surface area contributed by atoms with Gasteiger partial charge < -0.3 is 19.5 Å². The van der Waals surface area contributed by atoms with Crippen LogP contribution in [0.1, 0.15) is 24.9 Å². The second kappa shape index (κ2) is 5.58. The van der Waals surface area contributed by atoms with Crippen molar-refractivity contribution < 1.29 is 19.0 Å². The van der Waals surface area contributed by atoms with Crippen molar-refractivity contribution in [3.63, 3.8) is 0 Å². The molecule has 2 amide bonds. The second-order valence-corrected chi connectivity index (χ2v) is 6.42. The van der Waals surface area contributed by atoms with Crippen LogP contribution in [0.2, 0.25) is 0 Å². The molecule has 2 aromatic carbocycles. The lowest BCUT2D eigenvalue weighted by Crippen LogP contribution is -2.65. The molecule has 0 aliphatic carbocycles. The van der Waals surface area contributed by atoms with Crippen molar-refractivity contribution >= 4 is 11.7 Å². The molecule has 1 saturated heterocycles. The van der Waals surface area contributed by atoms with Crippen molar-refractivity contribution in [2.75, 3.05) is 19.1 Å². The number of fused-ring (bicyclic) bond motifs is 4. The van der Waals surface area contributed by atoms with Crippen LogP contribution >= 0.6 is 0 Å². The van der Waals surface area contributed by atoms with Gasteiger partial charge in [-0.15, -0.1) is 0 Å². The fraction of sp³-hybridized carbons (Fsp3) is 0.316. The highest BCUT2D eigenvalue weighted by molar-refractivity contribution is 5.95. The summed E-state index contributed by atoms with van der Waals surface area (Å²) in [5.41, 5.74) is 0.944. The van der Waals surface area contributed by atoms with Gasteiger partial charge in [-0.1, -0.05) is 0 Å². The molecule has 6 nitrogen and oxygen atoms in total. The van der Waals surface area contributed by atoms with E-state index in [2.05, 4.69) is 5.32 Å². The second-order valence-electron chi connectivity index (χ2n) is 6.42. The van der Waals surface area contributed by atoms with E-state index in [9.17, 15) is 4.79 Å². The van der Waals surface area contributed by atoms with Gasteiger partial charge in [-0.3, -0.25) is 4.90 Å². The summed E-state index contributed by atoms with van der Waals surface area (Å²) in [7, 11) is 3.24. The Bertz CT molecular complexity index is 821. The van der Waals surface area contributed by atoms with E-state index in [1.807, 2.05) is 49.4 Å². The third-order valence-corrected chi connectivity index (χ3v) is 4.81. The molecular formula is C19H20N2O4. The van der Waals surface area contributed by atoms with Crippen LogP contribution in [-0.2, 0) is 0 Å². The van der Waals surface area contributed by atoms with Gasteiger partial charge in [0.15, 0.2) is 5.72 Å². The topological polar surface area (TPSA) is 60.0 Å². The maximum Gasteiger partial charge on any atom is 0.325 e. The number of benzene rings is 2. The van der Waals surface area contributed by atoms with Crippen molar-refractivity contribution in [2.24, 2.45) is 0 Å². The SMILES string of the molecule is COc1ccc(N2C(=O)N[C@@H]3C[C@@]2(C)Oc2ccc(OC)cc23)cc1. The van der Waals surface area contributed by atoms with Crippen molar-refractivity contribution in [1.82, 2.24) is 5.32 Å². The van der Waals surface area contributed by atoms with E-state index in [1.54, 1.807) is 19.1 Å². The molecule has 2 aliphatic rings. The minimum Gasteiger partial charge on any atom is -0.497 e. The van der Waals surface area contributed by atoms with E-state index in [0.717, 1.165) is 28.5 Å². The molecule has 4 rings (SSSR count). The lowest BCUT2D eigenvalue weighted by atomic mass is 9.90. The molecule has 2 aliphatic heterocycles. The quantitative estimate of drug-likeness (QED) is 0.929. The zero-order valence-corrected chi connectivity index (χ0v) is 14.4. The first-order valence-electron chi connectivity index (χ1n) is 8.16. The number of amides is 2. The molecule has 2 bridgehead atoms. The molecule has 6 heteroatoms. The molecule has 130 valence electrons. The summed E-state index contributed by atoms with van der Waals surface area (Å²) in [4.78, 5) is 14.5. The fourth-order valence-corrected chi connectivity index (χ4v) is 3.60. The standard InChI is InChI=1S/C19H20N2O4/c1-19-11-16(15-10-14(24-3)8-9-17(15)25-19)20-18(22)21(19)12-4-6-13(23-2)7-5-12/h4-10,16H,11H2,1-3H3,(H,20,22)/t16-,19-/m1/s1. The highest BCUT2D eigenvalue weighted by Gasteiger charge is 2.49. The van der Waals surface area contributed by atoms with Gasteiger partial charge in [-0.05, 0) is 49.4 Å². The average molecular weight is 340 g/mol. The molecule has 0 radical (unpaired) electrons. The summed E-state index contributed by atoms with van der Waals surface area (Å²) in [5, 5.41) is 3.08. The Balaban J connectivity index is 1.74. The smallest absolute Gasteiger partial charge is 0.325 e. The molecule has 0 aromatic heterocycles. The van der Waals surface area contributed by atoms with E-state index in [0.29, 0.717) is 6.42 Å². The Labute approximate surface area is 146 Å². The lowest BCUT2D eigenvalue weighted by molar-refractivity contribution is 0.0377. The predicted molar refractivity (Wildman–Crippen MR) is 93.4 cm³/mol. The number of nitrogens with one attached hydrogen (secondary N) is 1. The van der Waals surface area contributed by atoms with Crippen LogP contribution in [0.3, 0.4) is 0 Å². The van der Waals surface area contributed by atoms with Crippen molar-refractivity contribution in [2.45, 2.75) is 25.1 Å². The largest absolute Gasteiger partial charge is 0.497 e. The highest BCUT2D eigenvalue weighted by Crippen LogP contribution is 2.46. The van der Waals surface area contributed by atoms with Crippen LogP contribution in [0, 0.1) is 0 Å². The van der Waals surface area contributed by atoms with Gasteiger partial charge in [0.1, 0.15) is 17.2 Å². The van der Waals surface area contributed by atoms with E-state index in [4.69, 9.17) is 14.2 Å². The molecule has 0 spiro atoms. The van der Waals surface area contributed by atoms with Crippen LogP contribution in [0.5, 0.6) is 17.2 Å². The van der Waals surface area contributed by atoms with Gasteiger partial charge in [0.05, 0.1) is 20.3 Å². The zero-order chi connectivity index (χ0) is 17.6. The first-order valence-corrected chi connectivity index (χ1v) is 8.16. The highest BCUT2D eigenvalue weighted by atomic mass is 16.5. The number of ether oxygens (including phenoxy) is 3. The molecule has 1 fully saturated rings. The minimum absolute atomic E-state index is 0.106. The van der Waals surface area contributed by atoms with Gasteiger partial charge in [0, 0.05) is 17.7 Å². The number of nitrogens with zero attached hydrogens (tertiary/aromatic N) is 1. The van der Waals surface area contributed by atoms with Crippen LogP contribution in [0.25, 0.3) is 0 Å². The number of carbonyl (C=O) groups excluding carboxylic acids is 1. The van der Waals surface area contributed by atoms with Gasteiger partial charge in [-0.25, -0.2) is 4.79 Å². The van der Waals surface area contributed by atoms with E-state index >= 15 is 0 Å². The minimum atomic E-state index is -0.761. The van der Waals surface area contributed by atoms with Crippen molar-refractivity contribution in [1.29, 1.82) is 0 Å². The molecular weight excluding hydrogens is 320 g/mol. The van der Waals surface area contributed by atoms with Crippen LogP contribution in [0.4, 0.5) is 10.5 Å². The summed E-state index contributed by atoms with van der Waals surface area (Å²) in [6.45, 7) is 1.94. The van der Waals surface area contributed by atoms with E-state index in [-0.39, 0.29) is 12.1 Å². The lowest BCUT2D eigenvalue weighted by Gasteiger charge is -2.50. The molecule has 0 saturated carbocycles. The summed E-state index contributed by atoms with van der Waals surface area (Å²) in [6.07, 6.45) is 0.644. The zero-order valence-electron chi connectivity index (χ0n) is 14.4. The molecule has 0 unspecified atom stereocenters. The van der Waals surface area contributed by atoms with Gasteiger partial charge in [0.2, 0.25) is 0 Å². The van der Waals surface area contributed by atoms with E-state index in [1.165, 1.54) is 0 Å². The molecule has 1 N–H and O–H groups in total. The first kappa shape index (κ1) is 15.6. The Morgan fingerprint density at radius 1 is 1.12 bits per heavy atom. The molecule has 2 atom stereocenters. The van der Waals surface area contributed by atoms with Gasteiger partial charge >= 0.3 is 6.03 Å². The Morgan fingerprint density at radius 3 is 2.48 bits per heavy atom. The maximum absolute atomic E-state index is 12.8. The predicted octanol–water partition coefficient (Wildman–Crippen LogP) is 3.47. The molecule has 2 heterocycles. The number of anilines is 1. The number of methoxy groups -OCH3 is 2. The molecule has 2 aromatic rings. The molecule has 25 heavy (non-hydrogen) atoms. The van der Waals surface area contributed by atoms with Crippen LogP contribution in [-0.4, -0.2) is 26.0 Å². The third-order valence-electron chi connectivity index (χ3n) is 4.81. The number of urea groups is 1. The van der Waals surface area contributed by atoms with Gasteiger partial charge in [0.25, 0.3) is 0 Å². The van der Waals surface area contributed by atoms with Crippen LogP contribution in [0.15, 0.2) is 42.5 Å². The number of hydrogen-bond acceptors (Lipinski definition) is 4. The monoisotopic (exact) mass is 340 g/mol. The van der Waals surface area contributed by atoms with Crippen molar-refractivity contribution in [3.8, 4) is 17.2 Å². The average Bonchev–Trinajstić information content (AvgIpc) is 2.61. The third kappa shape index (κ3) is 2.45. The maximum atomic E-state index is 12.8. The fourth-order valence-electron chi connectivity index (χ4n) is 3.60. The summed E-state index contributed by atoms with van der Waals surface area (Å²) in [6, 6.07) is 12.8. The van der Waals surface area contributed by atoms with E-state index < -0.39 is 5.72 Å². The van der Waals surface area contributed by atoms with Crippen LogP contribution < -0.4 is 24.4 Å². The first-order chi connectivity index (χ1) is 12.0.